The summed E-state index contributed by atoms with van der Waals surface area (Å²) in [5, 5.41) is 33.0. The zero-order valence-corrected chi connectivity index (χ0v) is 38.2. The summed E-state index contributed by atoms with van der Waals surface area (Å²) in [6, 6.07) is 81.3. The lowest BCUT2D eigenvalue weighted by atomic mass is 9.84. The molecule has 0 saturated heterocycles. The molecule has 0 fully saturated rings. The van der Waals surface area contributed by atoms with Crippen molar-refractivity contribution in [2.45, 2.75) is 13.1 Å². The fraction of sp³-hybridized carbons (Fsp3) is 0.0308. The lowest BCUT2D eigenvalue weighted by Crippen LogP contribution is -2.49. The fourth-order valence-electron chi connectivity index (χ4n) is 12.1. The van der Waals surface area contributed by atoms with Gasteiger partial charge in [0.2, 0.25) is 0 Å². The molecule has 0 aliphatic carbocycles. The lowest BCUT2D eigenvalue weighted by Gasteiger charge is -2.20. The van der Waals surface area contributed by atoms with Crippen molar-refractivity contribution in [3.8, 4) is 50.6 Å². The van der Waals surface area contributed by atoms with Gasteiger partial charge >= 0.3 is 0 Å². The molecular weight excluding hydrogens is 823 g/mol. The number of rotatable bonds is 3. The van der Waals surface area contributed by atoms with Crippen LogP contribution in [0, 0.1) is 11.3 Å². The van der Waals surface area contributed by atoms with Crippen LogP contribution in [0.3, 0.4) is 0 Å². The first kappa shape index (κ1) is 38.0. The van der Waals surface area contributed by atoms with Gasteiger partial charge in [0.1, 0.15) is 8.07 Å². The van der Waals surface area contributed by atoms with Crippen molar-refractivity contribution in [3.63, 3.8) is 0 Å². The van der Waals surface area contributed by atoms with Crippen molar-refractivity contribution in [1.82, 2.24) is 0 Å². The zero-order valence-electron chi connectivity index (χ0n) is 37.2. The summed E-state index contributed by atoms with van der Waals surface area (Å²) in [6.45, 7) is 5.06. The van der Waals surface area contributed by atoms with Gasteiger partial charge in [0.15, 0.2) is 0 Å². The Labute approximate surface area is 389 Å². The summed E-state index contributed by atoms with van der Waals surface area (Å²) in [6.07, 6.45) is 0. The Morgan fingerprint density at radius 2 is 0.791 bits per heavy atom. The van der Waals surface area contributed by atoms with E-state index in [9.17, 15) is 5.26 Å². The maximum absolute atomic E-state index is 9.99. The van der Waals surface area contributed by atoms with Crippen LogP contribution >= 0.6 is 0 Å². The summed E-state index contributed by atoms with van der Waals surface area (Å²) in [5.74, 6) is 0. The van der Waals surface area contributed by atoms with Gasteiger partial charge < -0.3 is 0 Å². The maximum Gasteiger partial charge on any atom is 0.113 e. The molecule has 0 saturated carbocycles. The third-order valence-electron chi connectivity index (χ3n) is 15.2. The van der Waals surface area contributed by atoms with Gasteiger partial charge in [-0.1, -0.05) is 195 Å². The van der Waals surface area contributed by atoms with Gasteiger partial charge in [-0.15, -0.1) is 0 Å². The quantitative estimate of drug-likeness (QED) is 0.0986. The van der Waals surface area contributed by atoms with E-state index in [0.29, 0.717) is 5.56 Å². The zero-order chi connectivity index (χ0) is 44.5. The Bertz CT molecular complexity index is 4320. The van der Waals surface area contributed by atoms with E-state index in [4.69, 9.17) is 0 Å². The van der Waals surface area contributed by atoms with Gasteiger partial charge in [0.25, 0.3) is 0 Å². The number of fused-ring (bicyclic) bond motifs is 15. The molecule has 0 atom stereocenters. The first-order chi connectivity index (χ1) is 32.9. The highest BCUT2D eigenvalue weighted by molar-refractivity contribution is 7.04. The molecule has 1 aliphatic heterocycles. The van der Waals surface area contributed by atoms with Crippen LogP contribution in [0.1, 0.15) is 5.56 Å². The predicted octanol–water partition coefficient (Wildman–Crippen LogP) is 16.6. The van der Waals surface area contributed by atoms with Gasteiger partial charge in [-0.25, -0.2) is 0 Å². The molecule has 1 heterocycles. The van der Waals surface area contributed by atoms with Crippen molar-refractivity contribution in [2.24, 2.45) is 0 Å². The van der Waals surface area contributed by atoms with E-state index >= 15 is 0 Å². The number of hydrogen-bond acceptors (Lipinski definition) is 1. The molecule has 0 bridgehead atoms. The molecule has 0 amide bonds. The third kappa shape index (κ3) is 5.41. The minimum atomic E-state index is -1.95. The highest BCUT2D eigenvalue weighted by atomic mass is 28.3. The standard InChI is InChI=1S/C65H41NSi/c1-67(2)61-32-29-39-13-3-4-15-47(39)65(61)60-36-58-50-18-8-7-17-49(50)57-35-43(27-30-51(57)59(58)37-62(60)67)41-23-24-42-34-44(26-25-40(42)33-41)63-52-19-9-11-21-54(52)64(55-22-12-10-20-53(55)63)56-31-28-45(38-66)46-14-5-6-16-48(46)56/h3-37H,1-2H3. The number of nitrogens with zero attached hydrogens (tertiary/aromatic N) is 1. The molecule has 310 valence electrons. The average Bonchev–Trinajstić information content (AvgIpc) is 3.61. The van der Waals surface area contributed by atoms with E-state index in [-0.39, 0.29) is 0 Å². The second-order valence-electron chi connectivity index (χ2n) is 19.0. The molecule has 67 heavy (non-hydrogen) atoms. The molecule has 0 N–H and O–H groups in total. The Morgan fingerprint density at radius 3 is 1.48 bits per heavy atom. The molecular formula is C65H41NSi. The van der Waals surface area contributed by atoms with E-state index in [0.717, 1.165) is 16.3 Å². The molecule has 1 aliphatic rings. The van der Waals surface area contributed by atoms with E-state index in [1.165, 1.54) is 120 Å². The largest absolute Gasteiger partial charge is 0.192 e. The number of nitriles is 1. The van der Waals surface area contributed by atoms with Gasteiger partial charge in [-0.2, -0.15) is 5.26 Å². The molecule has 1 nitrogen and oxygen atoms in total. The number of hydrogen-bond donors (Lipinski definition) is 0. The monoisotopic (exact) mass is 863 g/mol. The fourth-order valence-corrected chi connectivity index (χ4v) is 15.1. The predicted molar refractivity (Wildman–Crippen MR) is 290 cm³/mol. The Morgan fingerprint density at radius 1 is 0.299 bits per heavy atom. The smallest absolute Gasteiger partial charge is 0.113 e. The minimum absolute atomic E-state index is 0.695. The van der Waals surface area contributed by atoms with Crippen LogP contribution in [0.5, 0.6) is 0 Å². The molecule has 13 aromatic rings. The van der Waals surface area contributed by atoms with E-state index in [2.05, 4.69) is 219 Å². The summed E-state index contributed by atoms with van der Waals surface area (Å²) < 4.78 is 0. The highest BCUT2D eigenvalue weighted by Crippen LogP contribution is 2.47. The average molecular weight is 864 g/mol. The lowest BCUT2D eigenvalue weighted by molar-refractivity contribution is 1.50. The molecule has 14 rings (SSSR count). The highest BCUT2D eigenvalue weighted by Gasteiger charge is 2.39. The number of benzene rings is 13. The van der Waals surface area contributed by atoms with Crippen molar-refractivity contribution < 1.29 is 0 Å². The molecule has 0 unspecified atom stereocenters. The second-order valence-corrected chi connectivity index (χ2v) is 23.3. The van der Waals surface area contributed by atoms with E-state index in [1.807, 2.05) is 12.1 Å². The minimum Gasteiger partial charge on any atom is -0.192 e. The van der Waals surface area contributed by atoms with Crippen LogP contribution in [-0.2, 0) is 0 Å². The molecule has 2 heteroatoms. The van der Waals surface area contributed by atoms with E-state index < -0.39 is 8.07 Å². The van der Waals surface area contributed by atoms with Gasteiger partial charge in [0, 0.05) is 5.39 Å². The molecule has 0 spiro atoms. The maximum atomic E-state index is 9.99. The van der Waals surface area contributed by atoms with Crippen molar-refractivity contribution >= 4 is 105 Å². The van der Waals surface area contributed by atoms with Gasteiger partial charge in [0.05, 0.1) is 11.6 Å². The summed E-state index contributed by atoms with van der Waals surface area (Å²) in [4.78, 5) is 0. The molecule has 0 radical (unpaired) electrons. The Hall–Kier alpha value is -8.35. The Balaban J connectivity index is 0.907. The normalized spacial score (nSPS) is 13.0. The van der Waals surface area contributed by atoms with Crippen LogP contribution in [0.4, 0.5) is 0 Å². The van der Waals surface area contributed by atoms with Crippen molar-refractivity contribution in [1.29, 1.82) is 5.26 Å². The third-order valence-corrected chi connectivity index (χ3v) is 18.8. The van der Waals surface area contributed by atoms with E-state index in [1.54, 1.807) is 5.19 Å². The second kappa shape index (κ2) is 14.1. The first-order valence-electron chi connectivity index (χ1n) is 23.3. The van der Waals surface area contributed by atoms with Crippen LogP contribution in [-0.4, -0.2) is 8.07 Å². The Kier molecular flexibility index (Phi) is 7.97. The van der Waals surface area contributed by atoms with Crippen LogP contribution in [0.15, 0.2) is 212 Å². The first-order valence-corrected chi connectivity index (χ1v) is 26.3. The van der Waals surface area contributed by atoms with Crippen molar-refractivity contribution in [3.05, 3.63) is 218 Å². The summed E-state index contributed by atoms with van der Waals surface area (Å²) in [5.41, 5.74) is 10.8. The molecule has 0 aromatic heterocycles. The summed E-state index contributed by atoms with van der Waals surface area (Å²) in [7, 11) is -1.95. The topological polar surface area (TPSA) is 23.8 Å². The van der Waals surface area contributed by atoms with Crippen LogP contribution in [0.2, 0.25) is 13.1 Å². The SMILES string of the molecule is C[Si]1(C)c2cc3c4ccc(-c5ccc6cc(-c7c8ccccc8c(-c8ccc(C#N)c9ccccc89)c8ccccc78)ccc6c5)cc4c4ccccc4c3cc2-c2c1ccc1ccccc21. The van der Waals surface area contributed by atoms with Crippen LogP contribution < -0.4 is 10.4 Å². The van der Waals surface area contributed by atoms with Crippen molar-refractivity contribution in [2.75, 3.05) is 0 Å². The van der Waals surface area contributed by atoms with Gasteiger partial charge in [-0.05, 0) is 166 Å². The summed E-state index contributed by atoms with van der Waals surface area (Å²) >= 11 is 0. The van der Waals surface area contributed by atoms with Gasteiger partial charge in [-0.3, -0.25) is 0 Å². The molecule has 13 aromatic carbocycles. The van der Waals surface area contributed by atoms with Crippen LogP contribution in [0.25, 0.3) is 131 Å².